The van der Waals surface area contributed by atoms with Gasteiger partial charge in [0, 0.05) is 9.86 Å². The number of fused-ring (bicyclic) bond motifs is 1. The number of carbonyl (C=O) groups is 2. The molecular weight excluding hydrogens is 376 g/mol. The van der Waals surface area contributed by atoms with E-state index >= 15 is 0 Å². The van der Waals surface area contributed by atoms with E-state index in [1.165, 1.54) is 0 Å². The van der Waals surface area contributed by atoms with Crippen LogP contribution in [-0.2, 0) is 9.53 Å². The lowest BCUT2D eigenvalue weighted by Crippen LogP contribution is -2.19. The lowest BCUT2D eigenvalue weighted by Gasteiger charge is -2.06. The Labute approximate surface area is 146 Å². The van der Waals surface area contributed by atoms with Crippen molar-refractivity contribution in [1.29, 1.82) is 0 Å². The molecule has 0 bridgehead atoms. The summed E-state index contributed by atoms with van der Waals surface area (Å²) in [7, 11) is 0. The maximum Gasteiger partial charge on any atom is 0.344 e. The Balaban J connectivity index is 1.51. The van der Waals surface area contributed by atoms with E-state index in [0.717, 1.165) is 9.86 Å². The number of halogens is 1. The van der Waals surface area contributed by atoms with Gasteiger partial charge in [-0.05, 0) is 30.3 Å². The van der Waals surface area contributed by atoms with E-state index in [1.807, 2.05) is 24.3 Å². The molecule has 3 aromatic rings. The first-order valence-electron chi connectivity index (χ1n) is 7.17. The van der Waals surface area contributed by atoms with Gasteiger partial charge in [-0.25, -0.2) is 4.79 Å². The van der Waals surface area contributed by atoms with Crippen molar-refractivity contribution >= 4 is 38.7 Å². The van der Waals surface area contributed by atoms with Gasteiger partial charge in [-0.2, -0.15) is 0 Å². The van der Waals surface area contributed by atoms with Crippen molar-refractivity contribution in [2.24, 2.45) is 0 Å². The Morgan fingerprint density at radius 3 is 2.62 bits per heavy atom. The molecule has 0 aliphatic carbocycles. The van der Waals surface area contributed by atoms with Crippen molar-refractivity contribution < 1.29 is 23.5 Å². The molecule has 0 unspecified atom stereocenters. The van der Waals surface area contributed by atoms with Crippen LogP contribution in [0.1, 0.15) is 10.6 Å². The van der Waals surface area contributed by atoms with Crippen molar-refractivity contribution in [2.75, 3.05) is 13.2 Å². The lowest BCUT2D eigenvalue weighted by molar-refractivity contribution is -0.144. The van der Waals surface area contributed by atoms with Crippen molar-refractivity contribution in [1.82, 2.24) is 0 Å². The van der Waals surface area contributed by atoms with Crippen LogP contribution in [0.3, 0.4) is 0 Å². The van der Waals surface area contributed by atoms with E-state index in [9.17, 15) is 9.59 Å². The summed E-state index contributed by atoms with van der Waals surface area (Å²) in [5, 5.41) is 0.824. The average molecular weight is 389 g/mol. The average Bonchev–Trinajstić information content (AvgIpc) is 3.02. The summed E-state index contributed by atoms with van der Waals surface area (Å²) < 4.78 is 16.5. The number of hydrogen-bond donors (Lipinski definition) is 0. The first-order valence-corrected chi connectivity index (χ1v) is 7.97. The summed E-state index contributed by atoms with van der Waals surface area (Å²) in [6, 6.07) is 16.0. The Hall–Kier alpha value is -2.60. The third-order valence-electron chi connectivity index (χ3n) is 3.22. The molecule has 0 spiro atoms. The van der Waals surface area contributed by atoms with Gasteiger partial charge >= 0.3 is 5.97 Å². The van der Waals surface area contributed by atoms with Crippen LogP contribution in [0, 0.1) is 0 Å². The monoisotopic (exact) mass is 388 g/mol. The Bertz CT molecular complexity index is 851. The van der Waals surface area contributed by atoms with Gasteiger partial charge in [0.25, 0.3) is 0 Å². The van der Waals surface area contributed by atoms with Crippen LogP contribution in [0.25, 0.3) is 11.0 Å². The molecule has 6 heteroatoms. The molecule has 0 aliphatic rings. The van der Waals surface area contributed by atoms with E-state index in [-0.39, 0.29) is 19.0 Å². The normalized spacial score (nSPS) is 10.5. The zero-order chi connectivity index (χ0) is 16.9. The van der Waals surface area contributed by atoms with Gasteiger partial charge < -0.3 is 13.9 Å². The fourth-order valence-corrected chi connectivity index (χ4v) is 2.46. The quantitative estimate of drug-likeness (QED) is 0.471. The Morgan fingerprint density at radius 1 is 1.00 bits per heavy atom. The fourth-order valence-electron chi connectivity index (χ4n) is 2.08. The molecule has 0 saturated carbocycles. The topological polar surface area (TPSA) is 65.7 Å². The zero-order valence-corrected chi connectivity index (χ0v) is 14.1. The van der Waals surface area contributed by atoms with Gasteiger partial charge in [-0.15, -0.1) is 0 Å². The molecule has 1 heterocycles. The zero-order valence-electron chi connectivity index (χ0n) is 12.5. The molecule has 0 saturated heterocycles. The minimum Gasteiger partial charge on any atom is -0.482 e. The Kier molecular flexibility index (Phi) is 4.96. The molecule has 0 amide bonds. The van der Waals surface area contributed by atoms with Crippen LogP contribution in [0.2, 0.25) is 0 Å². The molecule has 0 aliphatic heterocycles. The number of ketones is 1. The largest absolute Gasteiger partial charge is 0.482 e. The number of ether oxygens (including phenoxy) is 2. The fraction of sp³-hybridized carbons (Fsp3) is 0.111. The van der Waals surface area contributed by atoms with Crippen molar-refractivity contribution in [3.05, 3.63) is 64.8 Å². The highest BCUT2D eigenvalue weighted by Gasteiger charge is 2.15. The number of furan rings is 1. The molecule has 0 atom stereocenters. The van der Waals surface area contributed by atoms with Gasteiger partial charge in [-0.1, -0.05) is 40.2 Å². The number of Topliss-reactive ketones (excluding diaryl/α,β-unsaturated/α-hetero) is 1. The highest BCUT2D eigenvalue weighted by atomic mass is 79.9. The molecule has 5 nitrogen and oxygen atoms in total. The summed E-state index contributed by atoms with van der Waals surface area (Å²) >= 11 is 3.31. The van der Waals surface area contributed by atoms with Crippen LogP contribution in [0.4, 0.5) is 0 Å². The first-order chi connectivity index (χ1) is 11.6. The van der Waals surface area contributed by atoms with Gasteiger partial charge in [0.1, 0.15) is 11.3 Å². The predicted octanol–water partition coefficient (Wildman–Crippen LogP) is 4.00. The second-order valence-corrected chi connectivity index (χ2v) is 5.89. The van der Waals surface area contributed by atoms with Crippen molar-refractivity contribution in [3.8, 4) is 5.75 Å². The molecule has 0 N–H and O–H groups in total. The maximum absolute atomic E-state index is 12.0. The summed E-state index contributed by atoms with van der Waals surface area (Å²) in [6.07, 6.45) is 0. The van der Waals surface area contributed by atoms with E-state index in [4.69, 9.17) is 13.9 Å². The third-order valence-corrected chi connectivity index (χ3v) is 3.71. The molecule has 1 aromatic heterocycles. The second-order valence-electron chi connectivity index (χ2n) is 4.98. The minimum absolute atomic E-state index is 0.164. The smallest absolute Gasteiger partial charge is 0.344 e. The molecule has 2 aromatic carbocycles. The molecule has 24 heavy (non-hydrogen) atoms. The van der Waals surface area contributed by atoms with Crippen LogP contribution >= 0.6 is 15.9 Å². The number of esters is 1. The highest BCUT2D eigenvalue weighted by molar-refractivity contribution is 9.10. The van der Waals surface area contributed by atoms with Gasteiger partial charge in [0.2, 0.25) is 5.78 Å². The van der Waals surface area contributed by atoms with Crippen LogP contribution in [-0.4, -0.2) is 25.0 Å². The molecule has 0 fully saturated rings. The molecule has 122 valence electrons. The lowest BCUT2D eigenvalue weighted by atomic mass is 10.2. The molecule has 0 radical (unpaired) electrons. The van der Waals surface area contributed by atoms with E-state index < -0.39 is 11.8 Å². The highest BCUT2D eigenvalue weighted by Crippen LogP contribution is 2.19. The van der Waals surface area contributed by atoms with Gasteiger partial charge in [0.15, 0.2) is 19.0 Å². The number of rotatable bonds is 6. The van der Waals surface area contributed by atoms with Crippen molar-refractivity contribution in [2.45, 2.75) is 0 Å². The van der Waals surface area contributed by atoms with E-state index in [2.05, 4.69) is 15.9 Å². The first kappa shape index (κ1) is 16.3. The van der Waals surface area contributed by atoms with Gasteiger partial charge in [-0.3, -0.25) is 4.79 Å². The third kappa shape index (κ3) is 4.02. The van der Waals surface area contributed by atoms with E-state index in [1.54, 1.807) is 30.3 Å². The summed E-state index contributed by atoms with van der Waals surface area (Å²) in [4.78, 5) is 23.7. The molecule has 3 rings (SSSR count). The second kappa shape index (κ2) is 7.31. The van der Waals surface area contributed by atoms with Crippen LogP contribution in [0.15, 0.2) is 63.5 Å². The molecular formula is C18H13BrO5. The van der Waals surface area contributed by atoms with Crippen LogP contribution < -0.4 is 4.74 Å². The minimum atomic E-state index is -0.626. The predicted molar refractivity (Wildman–Crippen MR) is 91.1 cm³/mol. The summed E-state index contributed by atoms with van der Waals surface area (Å²) in [5.74, 6) is -0.330. The van der Waals surface area contributed by atoms with Gasteiger partial charge in [0.05, 0.1) is 0 Å². The number of benzene rings is 2. The van der Waals surface area contributed by atoms with Crippen LogP contribution in [0.5, 0.6) is 5.75 Å². The van der Waals surface area contributed by atoms with Crippen molar-refractivity contribution in [3.63, 3.8) is 0 Å². The SMILES string of the molecule is O=C(COc1cccc(Br)c1)OCC(=O)c1cc2ccccc2o1. The Morgan fingerprint density at radius 2 is 1.83 bits per heavy atom. The standard InChI is InChI=1S/C18H13BrO5/c19-13-5-3-6-14(9-13)22-11-18(21)23-10-15(20)17-8-12-4-1-2-7-16(12)24-17/h1-9H,10-11H2. The number of carbonyl (C=O) groups excluding carboxylic acids is 2. The van der Waals surface area contributed by atoms with E-state index in [0.29, 0.717) is 11.3 Å². The maximum atomic E-state index is 12.0. The summed E-state index contributed by atoms with van der Waals surface area (Å²) in [5.41, 5.74) is 0.616. The summed E-state index contributed by atoms with van der Waals surface area (Å²) in [6.45, 7) is -0.662. The number of hydrogen-bond acceptors (Lipinski definition) is 5. The number of para-hydroxylation sites is 1.